The van der Waals surface area contributed by atoms with E-state index in [9.17, 15) is 14.7 Å². The van der Waals surface area contributed by atoms with Crippen molar-refractivity contribution in [3.63, 3.8) is 0 Å². The van der Waals surface area contributed by atoms with Crippen LogP contribution in [0.25, 0.3) is 0 Å². The third-order valence-electron chi connectivity index (χ3n) is 8.86. The number of fused-ring (bicyclic) bond motifs is 5. The number of likely N-dealkylation sites (tertiary alicyclic amines) is 1. The highest BCUT2D eigenvalue weighted by atomic mass is 16.4. The molecular formula is C20H31NO3. The molecule has 24 heavy (non-hydrogen) atoms. The summed E-state index contributed by atoms with van der Waals surface area (Å²) in [5, 5.41) is 9.67. The van der Waals surface area contributed by atoms with E-state index in [1.54, 1.807) is 0 Å². The Morgan fingerprint density at radius 1 is 1.04 bits per heavy atom. The van der Waals surface area contributed by atoms with Crippen LogP contribution >= 0.6 is 0 Å². The molecule has 0 radical (unpaired) electrons. The third kappa shape index (κ3) is 1.97. The molecule has 1 heterocycles. The van der Waals surface area contributed by atoms with E-state index in [-0.39, 0.29) is 16.7 Å². The molecule has 1 amide bonds. The van der Waals surface area contributed by atoms with Crippen molar-refractivity contribution in [2.75, 3.05) is 7.05 Å². The summed E-state index contributed by atoms with van der Waals surface area (Å²) in [6.45, 7) is 4.67. The number of amides is 1. The minimum atomic E-state index is -0.582. The highest BCUT2D eigenvalue weighted by molar-refractivity contribution is 5.77. The number of carboxylic acid groups (broad SMARTS) is 1. The van der Waals surface area contributed by atoms with Crippen LogP contribution in [-0.4, -0.2) is 35.0 Å². The van der Waals surface area contributed by atoms with Crippen molar-refractivity contribution in [2.45, 2.75) is 71.3 Å². The van der Waals surface area contributed by atoms with E-state index in [2.05, 4.69) is 13.8 Å². The maximum Gasteiger partial charge on any atom is 0.307 e. The van der Waals surface area contributed by atoms with Crippen molar-refractivity contribution < 1.29 is 14.7 Å². The molecule has 4 nitrogen and oxygen atoms in total. The number of carbonyl (C=O) groups is 2. The number of carbonyl (C=O) groups excluding carboxylic acids is 1. The van der Waals surface area contributed by atoms with E-state index in [1.165, 1.54) is 6.42 Å². The smallest absolute Gasteiger partial charge is 0.307 e. The van der Waals surface area contributed by atoms with E-state index in [0.717, 1.165) is 38.5 Å². The second-order valence-corrected chi connectivity index (χ2v) is 9.49. The van der Waals surface area contributed by atoms with E-state index in [4.69, 9.17) is 0 Å². The Morgan fingerprint density at radius 3 is 2.46 bits per heavy atom. The van der Waals surface area contributed by atoms with Crippen LogP contribution in [0.15, 0.2) is 0 Å². The Labute approximate surface area is 145 Å². The molecule has 0 aromatic carbocycles. The molecule has 0 spiro atoms. The van der Waals surface area contributed by atoms with Gasteiger partial charge in [-0.05, 0) is 73.5 Å². The van der Waals surface area contributed by atoms with Gasteiger partial charge in [0, 0.05) is 19.5 Å². The van der Waals surface area contributed by atoms with Crippen LogP contribution in [0.2, 0.25) is 0 Å². The van der Waals surface area contributed by atoms with Gasteiger partial charge in [0.15, 0.2) is 0 Å². The Bertz CT molecular complexity index is 575. The molecule has 1 N–H and O–H groups in total. The Hall–Kier alpha value is -1.06. The topological polar surface area (TPSA) is 57.6 Å². The highest BCUT2D eigenvalue weighted by Gasteiger charge is 2.62. The normalized spacial score (nSPS) is 50.9. The summed E-state index contributed by atoms with van der Waals surface area (Å²) in [6.07, 6.45) is 8.13. The molecular weight excluding hydrogens is 302 g/mol. The van der Waals surface area contributed by atoms with E-state index in [1.807, 2.05) is 11.9 Å². The van der Waals surface area contributed by atoms with Crippen molar-refractivity contribution in [3.05, 3.63) is 0 Å². The van der Waals surface area contributed by atoms with Crippen LogP contribution in [0.1, 0.15) is 65.2 Å². The fourth-order valence-corrected chi connectivity index (χ4v) is 7.56. The minimum Gasteiger partial charge on any atom is -0.481 e. The SMILES string of the molecule is CN1C(=O)CCC2(C)C3CCC4(C)C(C(=O)O)CCC4C3CCC12. The van der Waals surface area contributed by atoms with Crippen LogP contribution in [-0.2, 0) is 9.59 Å². The first-order chi connectivity index (χ1) is 11.3. The fraction of sp³-hybridized carbons (Fsp3) is 0.900. The van der Waals surface area contributed by atoms with Gasteiger partial charge in [-0.15, -0.1) is 0 Å². The molecule has 3 saturated carbocycles. The molecule has 0 aromatic rings. The molecule has 4 aliphatic rings. The second kappa shape index (κ2) is 5.22. The number of nitrogens with zero attached hydrogens (tertiary/aromatic N) is 1. The van der Waals surface area contributed by atoms with Gasteiger partial charge >= 0.3 is 5.97 Å². The largest absolute Gasteiger partial charge is 0.481 e. The Morgan fingerprint density at radius 2 is 1.75 bits per heavy atom. The second-order valence-electron chi connectivity index (χ2n) is 9.49. The van der Waals surface area contributed by atoms with Gasteiger partial charge in [-0.25, -0.2) is 0 Å². The van der Waals surface area contributed by atoms with Crippen LogP contribution in [0.3, 0.4) is 0 Å². The first-order valence-electron chi connectivity index (χ1n) is 9.77. The van der Waals surface area contributed by atoms with Crippen molar-refractivity contribution in [1.29, 1.82) is 0 Å². The number of aliphatic carboxylic acids is 1. The molecule has 0 bridgehead atoms. The predicted molar refractivity (Wildman–Crippen MR) is 91.3 cm³/mol. The summed E-state index contributed by atoms with van der Waals surface area (Å²) >= 11 is 0. The summed E-state index contributed by atoms with van der Waals surface area (Å²) in [5.41, 5.74) is 0.223. The monoisotopic (exact) mass is 333 g/mol. The van der Waals surface area contributed by atoms with E-state index >= 15 is 0 Å². The van der Waals surface area contributed by atoms with Crippen molar-refractivity contribution in [2.24, 2.45) is 34.5 Å². The van der Waals surface area contributed by atoms with Gasteiger partial charge in [-0.3, -0.25) is 9.59 Å². The molecule has 3 aliphatic carbocycles. The quantitative estimate of drug-likeness (QED) is 0.798. The van der Waals surface area contributed by atoms with Crippen molar-refractivity contribution in [1.82, 2.24) is 4.90 Å². The highest BCUT2D eigenvalue weighted by Crippen LogP contribution is 2.66. The standard InChI is InChI=1S/C20H31NO3/c1-19-10-8-14-12(13(19)5-6-15(19)18(23)24)4-7-16-20(14,2)11-9-17(22)21(16)3/h12-16H,4-11H2,1-3H3,(H,23,24). The van der Waals surface area contributed by atoms with E-state index in [0.29, 0.717) is 36.1 Å². The molecule has 4 heteroatoms. The Kier molecular flexibility index (Phi) is 3.57. The van der Waals surface area contributed by atoms with Crippen LogP contribution in [0, 0.1) is 34.5 Å². The van der Waals surface area contributed by atoms with Crippen LogP contribution in [0.5, 0.6) is 0 Å². The van der Waals surface area contributed by atoms with Gasteiger partial charge in [0.1, 0.15) is 0 Å². The molecule has 7 unspecified atom stereocenters. The summed E-state index contributed by atoms with van der Waals surface area (Å²) in [5.74, 6) is 1.47. The van der Waals surface area contributed by atoms with Gasteiger partial charge in [-0.2, -0.15) is 0 Å². The van der Waals surface area contributed by atoms with Gasteiger partial charge in [0.05, 0.1) is 5.92 Å². The minimum absolute atomic E-state index is 0.00736. The first-order valence-corrected chi connectivity index (χ1v) is 9.77. The summed E-state index contributed by atoms with van der Waals surface area (Å²) in [6, 6.07) is 0.390. The van der Waals surface area contributed by atoms with Crippen LogP contribution in [0.4, 0.5) is 0 Å². The first kappa shape index (κ1) is 16.4. The molecule has 1 saturated heterocycles. The lowest BCUT2D eigenvalue weighted by molar-refractivity contribution is -0.163. The summed E-state index contributed by atoms with van der Waals surface area (Å²) < 4.78 is 0. The lowest BCUT2D eigenvalue weighted by Crippen LogP contribution is -2.61. The number of carboxylic acids is 1. The van der Waals surface area contributed by atoms with Gasteiger partial charge in [0.2, 0.25) is 5.91 Å². The third-order valence-corrected chi connectivity index (χ3v) is 8.86. The molecule has 1 aliphatic heterocycles. The predicted octanol–water partition coefficient (Wildman–Crippen LogP) is 3.55. The zero-order valence-electron chi connectivity index (χ0n) is 15.3. The average molecular weight is 333 g/mol. The Balaban J connectivity index is 1.64. The molecule has 7 atom stereocenters. The lowest BCUT2D eigenvalue weighted by Gasteiger charge is -2.61. The van der Waals surface area contributed by atoms with Gasteiger partial charge in [0.25, 0.3) is 0 Å². The number of rotatable bonds is 1. The zero-order valence-corrected chi connectivity index (χ0v) is 15.3. The van der Waals surface area contributed by atoms with Gasteiger partial charge in [-0.1, -0.05) is 13.8 Å². The number of hydrogen-bond donors (Lipinski definition) is 1. The summed E-state index contributed by atoms with van der Waals surface area (Å²) in [4.78, 5) is 25.9. The molecule has 134 valence electrons. The molecule has 0 aromatic heterocycles. The average Bonchev–Trinajstić information content (AvgIpc) is 2.89. The number of piperidine rings is 1. The summed E-state index contributed by atoms with van der Waals surface area (Å²) in [7, 11) is 1.99. The van der Waals surface area contributed by atoms with E-state index < -0.39 is 5.97 Å². The number of hydrogen-bond acceptors (Lipinski definition) is 2. The lowest BCUT2D eigenvalue weighted by atomic mass is 9.47. The zero-order chi connectivity index (χ0) is 17.3. The van der Waals surface area contributed by atoms with Crippen molar-refractivity contribution in [3.8, 4) is 0 Å². The maximum absolute atomic E-state index is 12.2. The van der Waals surface area contributed by atoms with Crippen molar-refractivity contribution >= 4 is 11.9 Å². The van der Waals surface area contributed by atoms with Gasteiger partial charge < -0.3 is 10.0 Å². The maximum atomic E-state index is 12.2. The molecule has 4 rings (SSSR count). The fourth-order valence-electron chi connectivity index (χ4n) is 7.56. The molecule has 4 fully saturated rings. The van der Waals surface area contributed by atoms with Crippen LogP contribution < -0.4 is 0 Å².